The molecule has 2 rings (SSSR count). The Balaban J connectivity index is 2.06. The van der Waals surface area contributed by atoms with E-state index >= 15 is 0 Å². The number of anilines is 1. The molecule has 4 nitrogen and oxygen atoms in total. The first-order valence-electron chi connectivity index (χ1n) is 5.28. The number of hydrogen-bond acceptors (Lipinski definition) is 4. The Labute approximate surface area is 109 Å². The number of nitrogens with zero attached hydrogens (tertiary/aromatic N) is 1. The van der Waals surface area contributed by atoms with E-state index in [9.17, 15) is 4.79 Å². The normalized spacial score (nSPS) is 10.1. The van der Waals surface area contributed by atoms with Gasteiger partial charge in [0.15, 0.2) is 0 Å². The number of aromatic nitrogens is 1. The second-order valence-electron chi connectivity index (χ2n) is 3.63. The number of benzene rings is 1. The smallest absolute Gasteiger partial charge is 0.340 e. The molecule has 0 spiro atoms. The van der Waals surface area contributed by atoms with Crippen LogP contribution in [0.15, 0.2) is 42.7 Å². The van der Waals surface area contributed by atoms with Crippen LogP contribution in [0.25, 0.3) is 0 Å². The van der Waals surface area contributed by atoms with Crippen LogP contribution < -0.4 is 5.73 Å². The van der Waals surface area contributed by atoms with Crippen LogP contribution in [0.4, 0.5) is 5.69 Å². The highest BCUT2D eigenvalue weighted by molar-refractivity contribution is 6.31. The van der Waals surface area contributed by atoms with Crippen LogP contribution in [-0.2, 0) is 11.3 Å². The number of hydrogen-bond donors (Lipinski definition) is 1. The fraction of sp³-hybridized carbons (Fsp3) is 0.0769. The Hall–Kier alpha value is -2.07. The molecule has 0 amide bonds. The molecule has 0 atom stereocenters. The lowest BCUT2D eigenvalue weighted by Crippen LogP contribution is -2.08. The standard InChI is InChI=1S/C13H11ClN2O2/c14-11-7-16-6-5-9(11)8-18-13(17)10-3-1-2-4-12(10)15/h1-7H,8,15H2. The predicted octanol–water partition coefficient (Wildman–Crippen LogP) is 2.67. The van der Waals surface area contributed by atoms with Gasteiger partial charge in [-0.05, 0) is 18.2 Å². The minimum absolute atomic E-state index is 0.0918. The van der Waals surface area contributed by atoms with Crippen LogP contribution in [0.2, 0.25) is 5.02 Å². The number of halogens is 1. The Bertz CT molecular complexity index is 572. The van der Waals surface area contributed by atoms with E-state index in [-0.39, 0.29) is 6.61 Å². The monoisotopic (exact) mass is 262 g/mol. The third kappa shape index (κ3) is 2.78. The minimum atomic E-state index is -0.471. The Kier molecular flexibility index (Phi) is 3.79. The summed E-state index contributed by atoms with van der Waals surface area (Å²) in [5.41, 5.74) is 7.13. The summed E-state index contributed by atoms with van der Waals surface area (Å²) < 4.78 is 5.14. The molecule has 18 heavy (non-hydrogen) atoms. The van der Waals surface area contributed by atoms with Crippen molar-refractivity contribution >= 4 is 23.3 Å². The first kappa shape index (κ1) is 12.4. The Morgan fingerprint density at radius 2 is 2.11 bits per heavy atom. The van der Waals surface area contributed by atoms with Crippen molar-refractivity contribution in [1.82, 2.24) is 4.98 Å². The van der Waals surface area contributed by atoms with Crippen LogP contribution in [0.5, 0.6) is 0 Å². The number of carbonyl (C=O) groups is 1. The molecule has 1 heterocycles. The lowest BCUT2D eigenvalue weighted by atomic mass is 10.2. The van der Waals surface area contributed by atoms with Crippen molar-refractivity contribution in [2.75, 3.05) is 5.73 Å². The van der Waals surface area contributed by atoms with E-state index in [1.54, 1.807) is 36.5 Å². The summed E-state index contributed by atoms with van der Waals surface area (Å²) in [6, 6.07) is 8.45. The average Bonchev–Trinajstić information content (AvgIpc) is 2.38. The molecule has 0 saturated carbocycles. The van der Waals surface area contributed by atoms with Gasteiger partial charge in [0, 0.05) is 23.6 Å². The molecule has 0 saturated heterocycles. The molecule has 0 radical (unpaired) electrons. The van der Waals surface area contributed by atoms with Gasteiger partial charge in [-0.15, -0.1) is 0 Å². The summed E-state index contributed by atoms with van der Waals surface area (Å²) in [6.07, 6.45) is 3.09. The zero-order chi connectivity index (χ0) is 13.0. The predicted molar refractivity (Wildman–Crippen MR) is 69.2 cm³/mol. The third-order valence-electron chi connectivity index (χ3n) is 2.40. The fourth-order valence-corrected chi connectivity index (χ4v) is 1.60. The molecule has 0 bridgehead atoms. The van der Waals surface area contributed by atoms with E-state index < -0.39 is 5.97 Å². The SMILES string of the molecule is Nc1ccccc1C(=O)OCc1ccncc1Cl. The quantitative estimate of drug-likeness (QED) is 0.682. The number of carbonyl (C=O) groups excluding carboxylic acids is 1. The summed E-state index contributed by atoms with van der Waals surface area (Å²) >= 11 is 5.91. The molecule has 2 aromatic rings. The largest absolute Gasteiger partial charge is 0.457 e. The van der Waals surface area contributed by atoms with Crippen molar-refractivity contribution in [1.29, 1.82) is 0 Å². The van der Waals surface area contributed by atoms with Crippen LogP contribution in [0.1, 0.15) is 15.9 Å². The number of ether oxygens (including phenoxy) is 1. The van der Waals surface area contributed by atoms with Gasteiger partial charge < -0.3 is 10.5 Å². The molecule has 5 heteroatoms. The third-order valence-corrected chi connectivity index (χ3v) is 2.74. The van der Waals surface area contributed by atoms with Crippen LogP contribution in [0.3, 0.4) is 0 Å². The lowest BCUT2D eigenvalue weighted by Gasteiger charge is -2.07. The maximum atomic E-state index is 11.8. The first-order chi connectivity index (χ1) is 8.68. The van der Waals surface area contributed by atoms with Crippen molar-refractivity contribution in [3.63, 3.8) is 0 Å². The zero-order valence-electron chi connectivity index (χ0n) is 9.47. The summed E-state index contributed by atoms with van der Waals surface area (Å²) in [5.74, 6) is -0.471. The van der Waals surface area contributed by atoms with Gasteiger partial charge in [-0.2, -0.15) is 0 Å². The maximum Gasteiger partial charge on any atom is 0.340 e. The van der Waals surface area contributed by atoms with Gasteiger partial charge in [-0.1, -0.05) is 23.7 Å². The van der Waals surface area contributed by atoms with Crippen molar-refractivity contribution in [3.05, 3.63) is 58.9 Å². The second kappa shape index (κ2) is 5.51. The molecule has 0 aliphatic carbocycles. The van der Waals surface area contributed by atoms with Gasteiger partial charge >= 0.3 is 5.97 Å². The molecule has 92 valence electrons. The van der Waals surface area contributed by atoms with Crippen LogP contribution >= 0.6 is 11.6 Å². The maximum absolute atomic E-state index is 11.8. The van der Waals surface area contributed by atoms with Gasteiger partial charge in [-0.3, -0.25) is 4.98 Å². The molecular formula is C13H11ClN2O2. The minimum Gasteiger partial charge on any atom is -0.457 e. The van der Waals surface area contributed by atoms with Gasteiger partial charge in [0.2, 0.25) is 0 Å². The van der Waals surface area contributed by atoms with E-state index in [0.29, 0.717) is 21.8 Å². The highest BCUT2D eigenvalue weighted by Crippen LogP contribution is 2.17. The van der Waals surface area contributed by atoms with Crippen molar-refractivity contribution in [2.45, 2.75) is 6.61 Å². The van der Waals surface area contributed by atoms with Crippen molar-refractivity contribution in [3.8, 4) is 0 Å². The fourth-order valence-electron chi connectivity index (χ4n) is 1.43. The number of nitrogen functional groups attached to an aromatic ring is 1. The molecule has 0 unspecified atom stereocenters. The lowest BCUT2D eigenvalue weighted by molar-refractivity contribution is 0.0474. The molecule has 0 fully saturated rings. The topological polar surface area (TPSA) is 65.2 Å². The van der Waals surface area contributed by atoms with Gasteiger partial charge in [0.05, 0.1) is 10.6 Å². The van der Waals surface area contributed by atoms with E-state index in [4.69, 9.17) is 22.1 Å². The molecule has 1 aromatic heterocycles. The van der Waals surface area contributed by atoms with Crippen molar-refractivity contribution < 1.29 is 9.53 Å². The van der Waals surface area contributed by atoms with Gasteiger partial charge in [-0.25, -0.2) is 4.79 Å². The average molecular weight is 263 g/mol. The van der Waals surface area contributed by atoms with Gasteiger partial charge in [0.25, 0.3) is 0 Å². The summed E-state index contributed by atoms with van der Waals surface area (Å²) in [5, 5.41) is 0.464. The zero-order valence-corrected chi connectivity index (χ0v) is 10.2. The molecule has 0 aliphatic rings. The van der Waals surface area contributed by atoms with Gasteiger partial charge in [0.1, 0.15) is 6.61 Å². The highest BCUT2D eigenvalue weighted by Gasteiger charge is 2.11. The van der Waals surface area contributed by atoms with E-state index in [1.807, 2.05) is 0 Å². The van der Waals surface area contributed by atoms with E-state index in [1.165, 1.54) is 6.20 Å². The molecular weight excluding hydrogens is 252 g/mol. The summed E-state index contributed by atoms with van der Waals surface area (Å²) in [6.45, 7) is 0.0918. The number of esters is 1. The van der Waals surface area contributed by atoms with Crippen molar-refractivity contribution in [2.24, 2.45) is 0 Å². The molecule has 2 N–H and O–H groups in total. The summed E-state index contributed by atoms with van der Waals surface area (Å²) in [4.78, 5) is 15.6. The van der Waals surface area contributed by atoms with E-state index in [2.05, 4.69) is 4.98 Å². The number of para-hydroxylation sites is 1. The summed E-state index contributed by atoms with van der Waals surface area (Å²) in [7, 11) is 0. The van der Waals surface area contributed by atoms with Crippen LogP contribution in [-0.4, -0.2) is 11.0 Å². The van der Waals surface area contributed by atoms with E-state index in [0.717, 1.165) is 0 Å². The highest BCUT2D eigenvalue weighted by atomic mass is 35.5. The molecule has 0 aliphatic heterocycles. The number of pyridine rings is 1. The van der Waals surface area contributed by atoms with Crippen LogP contribution in [0, 0.1) is 0 Å². The second-order valence-corrected chi connectivity index (χ2v) is 4.04. The Morgan fingerprint density at radius 3 is 2.83 bits per heavy atom. The first-order valence-corrected chi connectivity index (χ1v) is 5.66. The number of nitrogens with two attached hydrogens (primary N) is 1. The number of rotatable bonds is 3. The Morgan fingerprint density at radius 1 is 1.33 bits per heavy atom. The molecule has 1 aromatic carbocycles.